The van der Waals surface area contributed by atoms with Gasteiger partial charge in [-0.25, -0.2) is 4.79 Å². The van der Waals surface area contributed by atoms with Crippen LogP contribution in [0.25, 0.3) is 21.6 Å². The van der Waals surface area contributed by atoms with Gasteiger partial charge in [0.2, 0.25) is 5.91 Å². The molecular formula is C21H19N5O3S. The van der Waals surface area contributed by atoms with E-state index >= 15 is 0 Å². The number of pyridine rings is 1. The Bertz CT molecular complexity index is 1310. The first-order valence-electron chi connectivity index (χ1n) is 9.45. The lowest BCUT2D eigenvalue weighted by Crippen LogP contribution is -2.42. The largest absolute Gasteiger partial charge is 0.350 e. The van der Waals surface area contributed by atoms with Crippen molar-refractivity contribution in [1.29, 1.82) is 0 Å². The first-order chi connectivity index (χ1) is 14.6. The van der Waals surface area contributed by atoms with Crippen molar-refractivity contribution < 1.29 is 4.79 Å². The molecule has 0 saturated carbocycles. The van der Waals surface area contributed by atoms with Crippen LogP contribution in [0.4, 0.5) is 0 Å². The summed E-state index contributed by atoms with van der Waals surface area (Å²) < 4.78 is 7.14. The molecule has 0 aliphatic carbocycles. The Labute approximate surface area is 175 Å². The van der Waals surface area contributed by atoms with Gasteiger partial charge in [0.15, 0.2) is 0 Å². The van der Waals surface area contributed by atoms with Crippen molar-refractivity contribution in [2.45, 2.75) is 26.6 Å². The predicted octanol–water partition coefficient (Wildman–Crippen LogP) is 2.02. The number of hydrogen-bond donors (Lipinski definition) is 1. The van der Waals surface area contributed by atoms with Gasteiger partial charge in [-0.3, -0.25) is 23.7 Å². The smallest absolute Gasteiger partial charge is 0.332 e. The van der Waals surface area contributed by atoms with Crippen LogP contribution in [0.15, 0.2) is 64.3 Å². The Morgan fingerprint density at radius 3 is 2.53 bits per heavy atom. The summed E-state index contributed by atoms with van der Waals surface area (Å²) in [6.07, 6.45) is 1.61. The van der Waals surface area contributed by atoms with Crippen LogP contribution >= 0.6 is 11.5 Å². The van der Waals surface area contributed by atoms with E-state index in [0.29, 0.717) is 28.1 Å². The summed E-state index contributed by atoms with van der Waals surface area (Å²) >= 11 is 1.01. The Hall–Kier alpha value is -3.59. The van der Waals surface area contributed by atoms with Crippen molar-refractivity contribution in [3.8, 4) is 11.4 Å². The van der Waals surface area contributed by atoms with E-state index in [0.717, 1.165) is 21.7 Å². The Balaban J connectivity index is 1.77. The molecule has 0 atom stereocenters. The summed E-state index contributed by atoms with van der Waals surface area (Å²) in [4.78, 5) is 42.7. The van der Waals surface area contributed by atoms with E-state index < -0.39 is 11.2 Å². The molecule has 3 heterocycles. The summed E-state index contributed by atoms with van der Waals surface area (Å²) in [7, 11) is 0. The maximum Gasteiger partial charge on any atom is 0.332 e. The van der Waals surface area contributed by atoms with Gasteiger partial charge in [-0.15, -0.1) is 0 Å². The lowest BCUT2D eigenvalue weighted by molar-refractivity contribution is -0.121. The van der Waals surface area contributed by atoms with Gasteiger partial charge in [-0.1, -0.05) is 36.4 Å². The average Bonchev–Trinajstić information content (AvgIpc) is 3.22. The SMILES string of the molecule is CCn1c(=O)c2snc(-c3ccccn3)c2n(CC(=O)NCc2ccccc2)c1=O. The number of carbonyl (C=O) groups is 1. The zero-order valence-corrected chi connectivity index (χ0v) is 17.1. The molecule has 0 bridgehead atoms. The molecule has 3 aromatic heterocycles. The second-order valence-corrected chi connectivity index (χ2v) is 7.38. The molecule has 0 aliphatic heterocycles. The van der Waals surface area contributed by atoms with Gasteiger partial charge in [-0.05, 0) is 36.2 Å². The molecule has 8 nitrogen and oxygen atoms in total. The topological polar surface area (TPSA) is 98.9 Å². The van der Waals surface area contributed by atoms with E-state index in [9.17, 15) is 14.4 Å². The van der Waals surface area contributed by atoms with E-state index in [4.69, 9.17) is 0 Å². The molecule has 0 fully saturated rings. The van der Waals surface area contributed by atoms with Gasteiger partial charge >= 0.3 is 5.69 Å². The molecule has 0 unspecified atom stereocenters. The number of benzene rings is 1. The molecule has 4 aromatic rings. The Morgan fingerprint density at radius 1 is 1.07 bits per heavy atom. The van der Waals surface area contributed by atoms with Gasteiger partial charge in [0, 0.05) is 19.3 Å². The molecule has 152 valence electrons. The van der Waals surface area contributed by atoms with Gasteiger partial charge < -0.3 is 5.32 Å². The van der Waals surface area contributed by atoms with E-state index in [-0.39, 0.29) is 19.0 Å². The van der Waals surface area contributed by atoms with Crippen molar-refractivity contribution in [3.63, 3.8) is 0 Å². The highest BCUT2D eigenvalue weighted by Gasteiger charge is 2.21. The van der Waals surface area contributed by atoms with Gasteiger partial charge in [0.25, 0.3) is 5.56 Å². The standard InChI is InChI=1S/C21H19N5O3S/c1-2-25-20(28)19-18(17(24-30-19)15-10-6-7-11-22-15)26(21(25)29)13-16(27)23-12-14-8-4-3-5-9-14/h3-11H,2,12-13H2,1H3,(H,23,27). The van der Waals surface area contributed by atoms with Gasteiger partial charge in [0.1, 0.15) is 16.9 Å². The number of rotatable bonds is 6. The molecule has 30 heavy (non-hydrogen) atoms. The molecule has 0 saturated heterocycles. The number of nitrogens with one attached hydrogen (secondary N) is 1. The van der Waals surface area contributed by atoms with E-state index in [1.54, 1.807) is 31.3 Å². The lowest BCUT2D eigenvalue weighted by atomic mass is 10.2. The molecule has 0 radical (unpaired) electrons. The molecule has 9 heteroatoms. The molecule has 1 amide bonds. The second kappa shape index (κ2) is 8.42. The number of carbonyl (C=O) groups excluding carboxylic acids is 1. The Kier molecular flexibility index (Phi) is 5.53. The zero-order chi connectivity index (χ0) is 21.1. The van der Waals surface area contributed by atoms with Crippen molar-refractivity contribution in [1.82, 2.24) is 23.8 Å². The van der Waals surface area contributed by atoms with Crippen molar-refractivity contribution in [3.05, 3.63) is 81.1 Å². The lowest BCUT2D eigenvalue weighted by Gasteiger charge is -2.12. The summed E-state index contributed by atoms with van der Waals surface area (Å²) in [5.41, 5.74) is 1.31. The molecule has 0 spiro atoms. The van der Waals surface area contributed by atoms with Crippen LogP contribution in [0.5, 0.6) is 0 Å². The first-order valence-corrected chi connectivity index (χ1v) is 10.2. The monoisotopic (exact) mass is 421 g/mol. The Morgan fingerprint density at radius 2 is 1.83 bits per heavy atom. The fraction of sp³-hybridized carbons (Fsp3) is 0.190. The first kappa shape index (κ1) is 19.7. The number of hydrogen-bond acceptors (Lipinski definition) is 6. The van der Waals surface area contributed by atoms with E-state index in [2.05, 4.69) is 14.7 Å². The van der Waals surface area contributed by atoms with Crippen LogP contribution in [-0.2, 0) is 24.4 Å². The zero-order valence-electron chi connectivity index (χ0n) is 16.2. The fourth-order valence-electron chi connectivity index (χ4n) is 3.22. The number of amides is 1. The maximum absolute atomic E-state index is 13.0. The fourth-order valence-corrected chi connectivity index (χ4v) is 4.06. The number of nitrogens with zero attached hydrogens (tertiary/aromatic N) is 4. The number of fused-ring (bicyclic) bond motifs is 1. The van der Waals surface area contributed by atoms with Crippen LogP contribution in [-0.4, -0.2) is 24.4 Å². The van der Waals surface area contributed by atoms with Crippen LogP contribution in [0.2, 0.25) is 0 Å². The highest BCUT2D eigenvalue weighted by atomic mass is 32.1. The second-order valence-electron chi connectivity index (χ2n) is 6.60. The molecule has 0 aliphatic rings. The summed E-state index contributed by atoms with van der Waals surface area (Å²) in [5, 5.41) is 2.82. The van der Waals surface area contributed by atoms with Crippen molar-refractivity contribution in [2.75, 3.05) is 0 Å². The van der Waals surface area contributed by atoms with Gasteiger partial charge in [0.05, 0.1) is 11.2 Å². The third-order valence-electron chi connectivity index (χ3n) is 4.70. The summed E-state index contributed by atoms with van der Waals surface area (Å²) in [5.74, 6) is -0.332. The van der Waals surface area contributed by atoms with Crippen molar-refractivity contribution in [2.24, 2.45) is 0 Å². The van der Waals surface area contributed by atoms with Gasteiger partial charge in [-0.2, -0.15) is 4.37 Å². The summed E-state index contributed by atoms with van der Waals surface area (Å²) in [6.45, 7) is 2.05. The quantitative estimate of drug-likeness (QED) is 0.514. The van der Waals surface area contributed by atoms with Crippen LogP contribution in [0, 0.1) is 0 Å². The highest BCUT2D eigenvalue weighted by Crippen LogP contribution is 2.26. The minimum absolute atomic E-state index is 0.204. The molecule has 1 aromatic carbocycles. The highest BCUT2D eigenvalue weighted by molar-refractivity contribution is 7.13. The average molecular weight is 421 g/mol. The number of aromatic nitrogens is 4. The van der Waals surface area contributed by atoms with E-state index in [1.165, 1.54) is 4.57 Å². The van der Waals surface area contributed by atoms with Crippen LogP contribution in [0.3, 0.4) is 0 Å². The normalized spacial score (nSPS) is 11.0. The molecule has 4 rings (SSSR count). The van der Waals surface area contributed by atoms with Crippen LogP contribution in [0.1, 0.15) is 12.5 Å². The molecule has 1 N–H and O–H groups in total. The summed E-state index contributed by atoms with van der Waals surface area (Å²) in [6, 6.07) is 14.8. The minimum Gasteiger partial charge on any atom is -0.350 e. The van der Waals surface area contributed by atoms with E-state index in [1.807, 2.05) is 30.3 Å². The van der Waals surface area contributed by atoms with Crippen molar-refractivity contribution >= 4 is 27.7 Å². The third kappa shape index (κ3) is 3.67. The predicted molar refractivity (Wildman–Crippen MR) is 115 cm³/mol. The maximum atomic E-state index is 13.0. The van der Waals surface area contributed by atoms with Crippen LogP contribution < -0.4 is 16.6 Å². The molecular weight excluding hydrogens is 402 g/mol. The minimum atomic E-state index is -0.540. The third-order valence-corrected chi connectivity index (χ3v) is 5.52.